The molecule has 7 aromatic carbocycles. The van der Waals surface area contributed by atoms with Crippen LogP contribution in [0, 0.1) is 26.0 Å². The van der Waals surface area contributed by atoms with Crippen LogP contribution in [0.2, 0.25) is 19.6 Å². The Labute approximate surface area is 386 Å². The molecule has 0 saturated carbocycles. The van der Waals surface area contributed by atoms with E-state index in [2.05, 4.69) is 210 Å². The fourth-order valence-corrected chi connectivity index (χ4v) is 10.1. The van der Waals surface area contributed by atoms with Crippen LogP contribution in [0.15, 0.2) is 168 Å². The molecular formula is C57H51IrN3OSi-2. The molecule has 0 spiro atoms. The van der Waals surface area contributed by atoms with Gasteiger partial charge in [0.25, 0.3) is 0 Å². The zero-order valence-electron chi connectivity index (χ0n) is 37.2. The number of aromatic nitrogens is 3. The molecule has 10 rings (SSSR count). The standard InChI is InChI=1S/C41H31N2O.C16H20NSi.Ir/c1-41(2,3)29-25-33(27-15-6-4-7-16-27)38(34(26-29)28-17-8-5-9-18-28)43-36-23-12-11-22-35(36)42-40(43)32-21-14-20-31-30-19-10-13-24-37(30)44-39(31)32;1-12-6-8-14(9-7-12)15-10-13(2)16(11-17-15)18(3,4)5;/h4-20,22-26H,1-3H3;6-8,10-11H,1-5H3;/q2*-1;. The Balaban J connectivity index is 0.000000242. The third-order valence-corrected chi connectivity index (χ3v) is 13.8. The fourth-order valence-electron chi connectivity index (χ4n) is 8.41. The Morgan fingerprint density at radius 3 is 1.92 bits per heavy atom. The number of hydrogen-bond donors (Lipinski definition) is 0. The van der Waals surface area contributed by atoms with Gasteiger partial charge in [-0.3, -0.25) is 4.98 Å². The normalized spacial score (nSPS) is 11.7. The van der Waals surface area contributed by atoms with Crippen LogP contribution in [0.4, 0.5) is 0 Å². The number of nitrogens with zero attached hydrogens (tertiary/aromatic N) is 3. The van der Waals surface area contributed by atoms with Gasteiger partial charge in [-0.15, -0.1) is 53.6 Å². The maximum Gasteiger partial charge on any atom is 0.120 e. The van der Waals surface area contributed by atoms with E-state index in [1.165, 1.54) is 21.9 Å². The van der Waals surface area contributed by atoms with Gasteiger partial charge in [0, 0.05) is 42.8 Å². The number of aryl methyl sites for hydroxylation is 2. The van der Waals surface area contributed by atoms with Crippen molar-refractivity contribution in [3.63, 3.8) is 0 Å². The molecule has 315 valence electrons. The van der Waals surface area contributed by atoms with Gasteiger partial charge in [-0.2, -0.15) is 0 Å². The SMILES string of the molecule is CC(C)(C)c1cc(-c2ccccc2)c(-n2c(-c3[c-]ccc4c3oc3ccccc34)nc3ccccc32)c(-c2ccccc2)c1.Cc1c[c-]c(-c2cc(C)c([Si](C)(C)C)cn2)cc1.[Ir]. The molecule has 0 unspecified atom stereocenters. The number of hydrogen-bond acceptors (Lipinski definition) is 3. The van der Waals surface area contributed by atoms with E-state index in [1.807, 2.05) is 30.3 Å². The van der Waals surface area contributed by atoms with Crippen LogP contribution in [0.1, 0.15) is 37.5 Å². The smallest absolute Gasteiger partial charge is 0.120 e. The van der Waals surface area contributed by atoms with Crippen LogP contribution in [0.25, 0.3) is 83.6 Å². The van der Waals surface area contributed by atoms with Gasteiger partial charge in [-0.05, 0) is 70.2 Å². The predicted octanol–water partition coefficient (Wildman–Crippen LogP) is 14.7. The summed E-state index contributed by atoms with van der Waals surface area (Å²) in [5.41, 5.74) is 16.0. The number of imidazole rings is 1. The quantitative estimate of drug-likeness (QED) is 0.123. The fraction of sp³-hybridized carbons (Fsp3) is 0.158. The Hall–Kier alpha value is -6.17. The van der Waals surface area contributed by atoms with Gasteiger partial charge in [0.1, 0.15) is 5.58 Å². The molecule has 0 fully saturated rings. The van der Waals surface area contributed by atoms with Crippen molar-refractivity contribution in [2.75, 3.05) is 0 Å². The summed E-state index contributed by atoms with van der Waals surface area (Å²) >= 11 is 0. The van der Waals surface area contributed by atoms with Gasteiger partial charge in [0.15, 0.2) is 0 Å². The average molecular weight is 1010 g/mol. The van der Waals surface area contributed by atoms with Crippen LogP contribution in [-0.4, -0.2) is 22.6 Å². The zero-order chi connectivity index (χ0) is 43.2. The summed E-state index contributed by atoms with van der Waals surface area (Å²) in [6.07, 6.45) is 2.06. The largest absolute Gasteiger partial charge is 0.501 e. The summed E-state index contributed by atoms with van der Waals surface area (Å²) in [6, 6.07) is 62.0. The van der Waals surface area contributed by atoms with Crippen LogP contribution in [0.3, 0.4) is 0 Å². The molecule has 3 aromatic heterocycles. The molecule has 3 heterocycles. The summed E-state index contributed by atoms with van der Waals surface area (Å²) in [7, 11) is -1.28. The molecule has 0 aliphatic carbocycles. The Kier molecular flexibility index (Phi) is 12.1. The summed E-state index contributed by atoms with van der Waals surface area (Å²) in [5, 5.41) is 3.59. The van der Waals surface area contributed by atoms with Gasteiger partial charge in [-0.25, -0.2) is 0 Å². The average Bonchev–Trinajstić information content (AvgIpc) is 3.85. The van der Waals surface area contributed by atoms with Crippen molar-refractivity contribution < 1.29 is 24.5 Å². The minimum Gasteiger partial charge on any atom is -0.501 e. The Morgan fingerprint density at radius 1 is 0.667 bits per heavy atom. The van der Waals surface area contributed by atoms with Crippen molar-refractivity contribution in [2.45, 2.75) is 59.7 Å². The molecule has 0 aliphatic heterocycles. The van der Waals surface area contributed by atoms with Crippen LogP contribution in [-0.2, 0) is 25.5 Å². The number of benzene rings is 7. The first kappa shape index (κ1) is 43.5. The van der Waals surface area contributed by atoms with E-state index < -0.39 is 8.07 Å². The minimum absolute atomic E-state index is 0. The number of para-hydroxylation sites is 3. The molecule has 0 N–H and O–H groups in total. The molecule has 63 heavy (non-hydrogen) atoms. The van der Waals surface area contributed by atoms with Crippen molar-refractivity contribution in [1.82, 2.24) is 14.5 Å². The van der Waals surface area contributed by atoms with Crippen molar-refractivity contribution in [3.8, 4) is 50.6 Å². The molecule has 0 aliphatic rings. The summed E-state index contributed by atoms with van der Waals surface area (Å²) in [5.74, 6) is 0.800. The second kappa shape index (κ2) is 17.5. The molecule has 1 radical (unpaired) electrons. The first-order chi connectivity index (χ1) is 29.8. The monoisotopic (exact) mass is 1010 g/mol. The Morgan fingerprint density at radius 2 is 1.30 bits per heavy atom. The first-order valence-corrected chi connectivity index (χ1v) is 24.9. The van der Waals surface area contributed by atoms with Crippen molar-refractivity contribution in [3.05, 3.63) is 193 Å². The number of fused-ring (bicyclic) bond motifs is 4. The molecule has 0 bridgehead atoms. The molecule has 4 nitrogen and oxygen atoms in total. The van der Waals surface area contributed by atoms with Crippen molar-refractivity contribution in [2.24, 2.45) is 0 Å². The second-order valence-corrected chi connectivity index (χ2v) is 23.3. The van der Waals surface area contributed by atoms with Crippen LogP contribution < -0.4 is 5.19 Å². The van der Waals surface area contributed by atoms with Crippen molar-refractivity contribution in [1.29, 1.82) is 0 Å². The predicted molar refractivity (Wildman–Crippen MR) is 263 cm³/mol. The molecule has 6 heteroatoms. The molecule has 0 atom stereocenters. The minimum atomic E-state index is -1.28. The zero-order valence-corrected chi connectivity index (χ0v) is 40.6. The summed E-state index contributed by atoms with van der Waals surface area (Å²) in [6.45, 7) is 18.2. The van der Waals surface area contributed by atoms with E-state index in [0.29, 0.717) is 0 Å². The van der Waals surface area contributed by atoms with E-state index >= 15 is 0 Å². The second-order valence-electron chi connectivity index (χ2n) is 18.3. The van der Waals surface area contributed by atoms with Gasteiger partial charge < -0.3 is 14.0 Å². The topological polar surface area (TPSA) is 43.9 Å². The van der Waals surface area contributed by atoms with Gasteiger partial charge >= 0.3 is 0 Å². The van der Waals surface area contributed by atoms with Gasteiger partial charge in [-0.1, -0.05) is 161 Å². The summed E-state index contributed by atoms with van der Waals surface area (Å²) < 4.78 is 8.86. The van der Waals surface area contributed by atoms with E-state index in [1.54, 1.807) is 0 Å². The van der Waals surface area contributed by atoms with Crippen molar-refractivity contribution >= 4 is 46.2 Å². The van der Waals surface area contributed by atoms with Crippen LogP contribution >= 0.6 is 0 Å². The Bertz CT molecular complexity index is 3150. The number of furan rings is 1. The molecule has 10 aromatic rings. The summed E-state index contributed by atoms with van der Waals surface area (Å²) in [4.78, 5) is 9.90. The van der Waals surface area contributed by atoms with Gasteiger partial charge in [0.05, 0.1) is 36.2 Å². The van der Waals surface area contributed by atoms with E-state index in [4.69, 9.17) is 9.40 Å². The van der Waals surface area contributed by atoms with E-state index in [0.717, 1.165) is 83.6 Å². The molecule has 0 amide bonds. The number of pyridine rings is 1. The van der Waals surface area contributed by atoms with Gasteiger partial charge in [0.2, 0.25) is 0 Å². The van der Waals surface area contributed by atoms with Crippen LogP contribution in [0.5, 0.6) is 0 Å². The number of rotatable bonds is 6. The molecule has 0 saturated heterocycles. The third kappa shape index (κ3) is 8.64. The maximum absolute atomic E-state index is 6.53. The van der Waals surface area contributed by atoms with E-state index in [9.17, 15) is 0 Å². The molecular weight excluding hydrogens is 963 g/mol. The maximum atomic E-state index is 6.53. The van der Waals surface area contributed by atoms with E-state index in [-0.39, 0.29) is 25.5 Å². The third-order valence-electron chi connectivity index (χ3n) is 11.7. The first-order valence-electron chi connectivity index (χ1n) is 21.4.